The minimum Gasteiger partial charge on any atom is -0.368 e. The first-order chi connectivity index (χ1) is 14.2. The molecule has 150 valence electrons. The molecular weight excluding hydrogens is 399 g/mol. The summed E-state index contributed by atoms with van der Waals surface area (Å²) < 4.78 is 0. The van der Waals surface area contributed by atoms with Gasteiger partial charge in [-0.3, -0.25) is 4.90 Å². The summed E-state index contributed by atoms with van der Waals surface area (Å²) in [4.78, 5) is 4.96. The minimum absolute atomic E-state index is 0.384. The molecule has 0 spiro atoms. The monoisotopic (exact) mass is 424 g/mol. The second kappa shape index (κ2) is 9.67. The number of rotatable bonds is 6. The largest absolute Gasteiger partial charge is 0.368 e. The number of benzene rings is 3. The van der Waals surface area contributed by atoms with Crippen LogP contribution < -0.4 is 4.90 Å². The Balaban J connectivity index is 1.40. The number of para-hydroxylation sites is 1. The van der Waals surface area contributed by atoms with Gasteiger partial charge in [-0.15, -0.1) is 0 Å². The molecule has 1 atom stereocenters. The third-order valence-corrected chi connectivity index (χ3v) is 6.35. The van der Waals surface area contributed by atoms with E-state index in [2.05, 4.69) is 64.4 Å². The van der Waals surface area contributed by atoms with E-state index in [9.17, 15) is 0 Å². The summed E-state index contributed by atoms with van der Waals surface area (Å²) in [7, 11) is 0. The van der Waals surface area contributed by atoms with Crippen LogP contribution in [0.2, 0.25) is 10.0 Å². The van der Waals surface area contributed by atoms with Gasteiger partial charge in [-0.2, -0.15) is 0 Å². The summed E-state index contributed by atoms with van der Waals surface area (Å²) in [6, 6.07) is 27.2. The van der Waals surface area contributed by atoms with Crippen molar-refractivity contribution < 1.29 is 0 Å². The molecule has 3 aromatic rings. The topological polar surface area (TPSA) is 6.48 Å². The lowest BCUT2D eigenvalue weighted by Crippen LogP contribution is -2.46. The Morgan fingerprint density at radius 1 is 0.690 bits per heavy atom. The first-order valence-corrected chi connectivity index (χ1v) is 11.0. The molecule has 0 bridgehead atoms. The molecule has 1 heterocycles. The maximum Gasteiger partial charge on any atom is 0.0639 e. The van der Waals surface area contributed by atoms with Crippen LogP contribution in [0.5, 0.6) is 0 Å². The second-order valence-electron chi connectivity index (χ2n) is 7.58. The number of hydrogen-bond acceptors (Lipinski definition) is 2. The molecule has 1 saturated heterocycles. The van der Waals surface area contributed by atoms with Crippen molar-refractivity contribution in [1.82, 2.24) is 4.90 Å². The molecule has 1 fully saturated rings. The Morgan fingerprint density at radius 2 is 1.31 bits per heavy atom. The highest BCUT2D eigenvalue weighted by Crippen LogP contribution is 2.30. The van der Waals surface area contributed by atoms with E-state index >= 15 is 0 Å². The van der Waals surface area contributed by atoms with Crippen LogP contribution >= 0.6 is 23.2 Å². The van der Waals surface area contributed by atoms with Crippen molar-refractivity contribution in [1.29, 1.82) is 0 Å². The number of nitrogens with zero attached hydrogens (tertiary/aromatic N) is 2. The van der Waals surface area contributed by atoms with Gasteiger partial charge in [-0.1, -0.05) is 77.8 Å². The normalized spacial score (nSPS) is 16.0. The highest BCUT2D eigenvalue weighted by molar-refractivity contribution is 6.33. The second-order valence-corrected chi connectivity index (χ2v) is 8.43. The van der Waals surface area contributed by atoms with Gasteiger partial charge < -0.3 is 4.90 Å². The van der Waals surface area contributed by atoms with Gasteiger partial charge in [0.15, 0.2) is 0 Å². The van der Waals surface area contributed by atoms with E-state index in [1.807, 2.05) is 24.3 Å². The molecule has 1 aliphatic rings. The fourth-order valence-corrected chi connectivity index (χ4v) is 4.52. The molecule has 1 aliphatic heterocycles. The van der Waals surface area contributed by atoms with Gasteiger partial charge in [0.2, 0.25) is 0 Å². The SMILES string of the molecule is Clc1ccc(C(CCN2CCN(c3ccccc3Cl)CC2)c2ccccc2)cc1. The average Bonchev–Trinajstić information content (AvgIpc) is 2.77. The van der Waals surface area contributed by atoms with Gasteiger partial charge >= 0.3 is 0 Å². The molecule has 0 N–H and O–H groups in total. The first-order valence-electron chi connectivity index (χ1n) is 10.2. The molecule has 2 nitrogen and oxygen atoms in total. The summed E-state index contributed by atoms with van der Waals surface area (Å²) in [5.74, 6) is 0.384. The van der Waals surface area contributed by atoms with Crippen LogP contribution in [0, 0.1) is 0 Å². The van der Waals surface area contributed by atoms with Gasteiger partial charge in [0.05, 0.1) is 10.7 Å². The maximum atomic E-state index is 6.38. The Bertz CT molecular complexity index is 904. The Morgan fingerprint density at radius 3 is 2.00 bits per heavy atom. The van der Waals surface area contributed by atoms with Crippen LogP contribution in [0.1, 0.15) is 23.5 Å². The summed E-state index contributed by atoms with van der Waals surface area (Å²) in [6.45, 7) is 5.24. The third kappa shape index (κ3) is 5.14. The van der Waals surface area contributed by atoms with Crippen LogP contribution in [0.4, 0.5) is 5.69 Å². The Hall–Kier alpha value is -2.00. The molecule has 0 aliphatic carbocycles. The molecule has 4 heteroatoms. The molecule has 1 unspecified atom stereocenters. The van der Waals surface area contributed by atoms with Crippen molar-refractivity contribution >= 4 is 28.9 Å². The Labute approximate surface area is 183 Å². The van der Waals surface area contributed by atoms with E-state index < -0.39 is 0 Å². The van der Waals surface area contributed by atoms with E-state index in [1.54, 1.807) is 0 Å². The van der Waals surface area contributed by atoms with Crippen LogP contribution in [0.25, 0.3) is 0 Å². The van der Waals surface area contributed by atoms with E-state index in [0.717, 1.165) is 54.9 Å². The average molecular weight is 425 g/mol. The van der Waals surface area contributed by atoms with Gasteiger partial charge in [0.1, 0.15) is 0 Å². The lowest BCUT2D eigenvalue weighted by atomic mass is 9.88. The van der Waals surface area contributed by atoms with Crippen LogP contribution in [-0.4, -0.2) is 37.6 Å². The molecule has 29 heavy (non-hydrogen) atoms. The standard InChI is InChI=1S/C25H26Cl2N2/c26-22-12-10-21(11-13-22)23(20-6-2-1-3-7-20)14-15-28-16-18-29(19-17-28)25-9-5-4-8-24(25)27/h1-13,23H,14-19H2. The fraction of sp³-hybridized carbons (Fsp3) is 0.280. The first kappa shape index (κ1) is 20.3. The molecule has 0 radical (unpaired) electrons. The zero-order valence-corrected chi connectivity index (χ0v) is 18.0. The van der Waals surface area contributed by atoms with Crippen molar-refractivity contribution in [3.05, 3.63) is 100 Å². The predicted octanol–water partition coefficient (Wildman–Crippen LogP) is 6.34. The van der Waals surface area contributed by atoms with Gasteiger partial charge in [0, 0.05) is 37.1 Å². The zero-order valence-electron chi connectivity index (χ0n) is 16.5. The smallest absolute Gasteiger partial charge is 0.0639 e. The predicted molar refractivity (Wildman–Crippen MR) is 124 cm³/mol. The molecule has 0 aromatic heterocycles. The molecule has 3 aromatic carbocycles. The zero-order chi connectivity index (χ0) is 20.1. The van der Waals surface area contributed by atoms with Crippen LogP contribution in [-0.2, 0) is 0 Å². The maximum absolute atomic E-state index is 6.38. The minimum atomic E-state index is 0.384. The van der Waals surface area contributed by atoms with E-state index in [-0.39, 0.29) is 0 Å². The Kier molecular flexibility index (Phi) is 6.76. The lowest BCUT2D eigenvalue weighted by molar-refractivity contribution is 0.251. The van der Waals surface area contributed by atoms with Crippen molar-refractivity contribution in [2.24, 2.45) is 0 Å². The summed E-state index contributed by atoms with van der Waals surface area (Å²) >= 11 is 12.5. The molecule has 4 rings (SSSR count). The van der Waals surface area contributed by atoms with Crippen molar-refractivity contribution in [3.8, 4) is 0 Å². The van der Waals surface area contributed by atoms with Gasteiger partial charge in [-0.25, -0.2) is 0 Å². The number of hydrogen-bond donors (Lipinski definition) is 0. The summed E-state index contributed by atoms with van der Waals surface area (Å²) in [5.41, 5.74) is 3.84. The highest BCUT2D eigenvalue weighted by atomic mass is 35.5. The quantitative estimate of drug-likeness (QED) is 0.455. The molecule has 0 saturated carbocycles. The van der Waals surface area contributed by atoms with E-state index in [1.165, 1.54) is 11.1 Å². The fourth-order valence-electron chi connectivity index (χ4n) is 4.14. The number of piperazine rings is 1. The number of anilines is 1. The summed E-state index contributed by atoms with van der Waals surface area (Å²) in [6.07, 6.45) is 1.09. The molecule has 0 amide bonds. The summed E-state index contributed by atoms with van der Waals surface area (Å²) in [5, 5.41) is 1.63. The van der Waals surface area contributed by atoms with Crippen LogP contribution in [0.15, 0.2) is 78.9 Å². The number of halogens is 2. The van der Waals surface area contributed by atoms with Gasteiger partial charge in [0.25, 0.3) is 0 Å². The van der Waals surface area contributed by atoms with E-state index in [0.29, 0.717) is 5.92 Å². The van der Waals surface area contributed by atoms with Crippen molar-refractivity contribution in [3.63, 3.8) is 0 Å². The van der Waals surface area contributed by atoms with Crippen LogP contribution in [0.3, 0.4) is 0 Å². The third-order valence-electron chi connectivity index (χ3n) is 5.77. The van der Waals surface area contributed by atoms with Crippen molar-refractivity contribution in [2.75, 3.05) is 37.6 Å². The van der Waals surface area contributed by atoms with Gasteiger partial charge in [-0.05, 0) is 48.4 Å². The lowest BCUT2D eigenvalue weighted by Gasteiger charge is -2.37. The van der Waals surface area contributed by atoms with Crippen molar-refractivity contribution in [2.45, 2.75) is 12.3 Å². The molecular formula is C25H26Cl2N2. The van der Waals surface area contributed by atoms with E-state index in [4.69, 9.17) is 23.2 Å². The highest BCUT2D eigenvalue weighted by Gasteiger charge is 2.21.